The zero-order chi connectivity index (χ0) is 13.7. The van der Waals surface area contributed by atoms with Gasteiger partial charge >= 0.3 is 0 Å². The number of nitrogens with zero attached hydrogens (tertiary/aromatic N) is 2. The molecular weight excluding hydrogens is 270 g/mol. The lowest BCUT2D eigenvalue weighted by atomic mass is 10.1. The summed E-state index contributed by atoms with van der Waals surface area (Å²) in [5, 5.41) is 2.29. The van der Waals surface area contributed by atoms with Crippen LogP contribution in [0.25, 0.3) is 22.2 Å². The van der Waals surface area contributed by atoms with E-state index in [2.05, 4.69) is 34.8 Å². The topological polar surface area (TPSA) is 42.8 Å². The van der Waals surface area contributed by atoms with Crippen molar-refractivity contribution in [1.29, 1.82) is 0 Å². The summed E-state index contributed by atoms with van der Waals surface area (Å²) in [7, 11) is 1.70. The Morgan fingerprint density at radius 3 is 3.10 bits per heavy atom. The Hall–Kier alpha value is -1.88. The molecule has 3 heterocycles. The standard InChI is InChI=1S/C15H15N3OS/c1-9-14(13-8-18-5-6-20-15(18)17-13)11-7-10(19-2)3-4-12(11)16-9/h3-4,7-8,16H,5-6H2,1-2H3. The van der Waals surface area contributed by atoms with E-state index in [-0.39, 0.29) is 0 Å². The molecule has 5 heteroatoms. The minimum Gasteiger partial charge on any atom is -0.497 e. The number of hydrogen-bond acceptors (Lipinski definition) is 3. The molecule has 0 bridgehead atoms. The second kappa shape index (κ2) is 4.31. The number of thioether (sulfide) groups is 1. The molecule has 20 heavy (non-hydrogen) atoms. The van der Waals surface area contributed by atoms with Crippen LogP contribution in [0.2, 0.25) is 0 Å². The van der Waals surface area contributed by atoms with Crippen molar-refractivity contribution in [2.75, 3.05) is 12.9 Å². The van der Waals surface area contributed by atoms with Crippen molar-refractivity contribution in [3.05, 3.63) is 30.1 Å². The first-order valence-corrected chi connectivity index (χ1v) is 7.61. The number of ether oxygens (including phenoxy) is 1. The summed E-state index contributed by atoms with van der Waals surface area (Å²) < 4.78 is 7.57. The molecule has 1 aromatic carbocycles. The zero-order valence-electron chi connectivity index (χ0n) is 11.4. The molecule has 1 N–H and O–H groups in total. The quantitative estimate of drug-likeness (QED) is 0.784. The van der Waals surface area contributed by atoms with Gasteiger partial charge in [0, 0.05) is 40.7 Å². The van der Waals surface area contributed by atoms with Crippen LogP contribution in [0.5, 0.6) is 5.75 Å². The monoisotopic (exact) mass is 285 g/mol. The molecule has 3 aromatic rings. The van der Waals surface area contributed by atoms with Crippen LogP contribution in [0, 0.1) is 6.92 Å². The first-order chi connectivity index (χ1) is 9.76. The van der Waals surface area contributed by atoms with Gasteiger partial charge in [-0.25, -0.2) is 4.98 Å². The Labute approximate surface area is 121 Å². The predicted molar refractivity (Wildman–Crippen MR) is 81.5 cm³/mol. The van der Waals surface area contributed by atoms with E-state index in [9.17, 15) is 0 Å². The van der Waals surface area contributed by atoms with Gasteiger partial charge in [0.1, 0.15) is 5.75 Å². The normalized spacial score (nSPS) is 13.9. The highest BCUT2D eigenvalue weighted by Gasteiger charge is 2.19. The van der Waals surface area contributed by atoms with Crippen molar-refractivity contribution in [3.8, 4) is 17.0 Å². The molecule has 4 rings (SSSR count). The number of fused-ring (bicyclic) bond motifs is 2. The van der Waals surface area contributed by atoms with Gasteiger partial charge in [-0.1, -0.05) is 11.8 Å². The van der Waals surface area contributed by atoms with Crippen LogP contribution < -0.4 is 4.74 Å². The molecular formula is C15H15N3OS. The molecule has 0 aliphatic carbocycles. The Bertz CT molecular complexity index is 781. The van der Waals surface area contributed by atoms with Crippen molar-refractivity contribution in [2.24, 2.45) is 0 Å². The number of aryl methyl sites for hydroxylation is 2. The van der Waals surface area contributed by atoms with E-state index in [4.69, 9.17) is 9.72 Å². The summed E-state index contributed by atoms with van der Waals surface area (Å²) >= 11 is 1.82. The van der Waals surface area contributed by atoms with Gasteiger partial charge in [0.2, 0.25) is 0 Å². The number of rotatable bonds is 2. The Morgan fingerprint density at radius 1 is 1.40 bits per heavy atom. The molecule has 1 aliphatic rings. The van der Waals surface area contributed by atoms with Crippen LogP contribution in [0.1, 0.15) is 5.69 Å². The van der Waals surface area contributed by atoms with Gasteiger partial charge in [0.15, 0.2) is 5.16 Å². The molecule has 2 aromatic heterocycles. The summed E-state index contributed by atoms with van der Waals surface area (Å²) in [4.78, 5) is 8.19. The van der Waals surface area contributed by atoms with E-state index in [1.807, 2.05) is 17.8 Å². The molecule has 0 radical (unpaired) electrons. The second-order valence-electron chi connectivity index (χ2n) is 4.99. The van der Waals surface area contributed by atoms with Crippen molar-refractivity contribution in [2.45, 2.75) is 18.6 Å². The third-order valence-electron chi connectivity index (χ3n) is 3.75. The molecule has 0 saturated carbocycles. The maximum Gasteiger partial charge on any atom is 0.168 e. The highest BCUT2D eigenvalue weighted by molar-refractivity contribution is 7.99. The molecule has 102 valence electrons. The number of benzene rings is 1. The van der Waals surface area contributed by atoms with Crippen molar-refractivity contribution in [3.63, 3.8) is 0 Å². The third kappa shape index (κ3) is 1.66. The number of aromatic nitrogens is 3. The Morgan fingerprint density at radius 2 is 2.30 bits per heavy atom. The van der Waals surface area contributed by atoms with E-state index >= 15 is 0 Å². The van der Waals surface area contributed by atoms with Gasteiger partial charge in [-0.3, -0.25) is 0 Å². The summed E-state index contributed by atoms with van der Waals surface area (Å²) in [5.74, 6) is 2.00. The number of H-pyrrole nitrogens is 1. The van der Waals surface area contributed by atoms with Crippen LogP contribution in [-0.4, -0.2) is 27.4 Å². The zero-order valence-corrected chi connectivity index (χ0v) is 12.3. The SMILES string of the molecule is COc1ccc2[nH]c(C)c(-c3cn4c(n3)SCC4)c2c1. The Kier molecular flexibility index (Phi) is 2.57. The van der Waals surface area contributed by atoms with Crippen LogP contribution in [0.3, 0.4) is 0 Å². The number of hydrogen-bond donors (Lipinski definition) is 1. The van der Waals surface area contributed by atoms with Crippen molar-refractivity contribution < 1.29 is 4.74 Å². The number of aromatic amines is 1. The molecule has 0 fully saturated rings. The number of methoxy groups -OCH3 is 1. The van der Waals surface area contributed by atoms with Gasteiger partial charge in [-0.05, 0) is 25.1 Å². The van der Waals surface area contributed by atoms with Crippen LogP contribution in [-0.2, 0) is 6.54 Å². The lowest BCUT2D eigenvalue weighted by molar-refractivity contribution is 0.415. The molecule has 0 atom stereocenters. The van der Waals surface area contributed by atoms with E-state index < -0.39 is 0 Å². The summed E-state index contributed by atoms with van der Waals surface area (Å²) in [5.41, 5.74) is 4.50. The molecule has 4 nitrogen and oxygen atoms in total. The third-order valence-corrected chi connectivity index (χ3v) is 4.72. The molecule has 1 aliphatic heterocycles. The van der Waals surface area contributed by atoms with E-state index in [0.29, 0.717) is 0 Å². The Balaban J connectivity index is 1.95. The lowest BCUT2D eigenvalue weighted by Crippen LogP contribution is -1.89. The fraction of sp³-hybridized carbons (Fsp3) is 0.267. The van der Waals surface area contributed by atoms with Crippen molar-refractivity contribution in [1.82, 2.24) is 14.5 Å². The predicted octanol–water partition coefficient (Wildman–Crippen LogP) is 3.45. The van der Waals surface area contributed by atoms with Crippen LogP contribution in [0.4, 0.5) is 0 Å². The van der Waals surface area contributed by atoms with Gasteiger partial charge in [-0.2, -0.15) is 0 Å². The van der Waals surface area contributed by atoms with E-state index in [1.54, 1.807) is 7.11 Å². The smallest absolute Gasteiger partial charge is 0.168 e. The molecule has 0 spiro atoms. The highest BCUT2D eigenvalue weighted by Crippen LogP contribution is 2.36. The van der Waals surface area contributed by atoms with Gasteiger partial charge in [0.25, 0.3) is 0 Å². The number of imidazole rings is 1. The summed E-state index contributed by atoms with van der Waals surface area (Å²) in [6.07, 6.45) is 2.16. The average molecular weight is 285 g/mol. The largest absolute Gasteiger partial charge is 0.497 e. The minimum absolute atomic E-state index is 0.874. The van der Waals surface area contributed by atoms with Gasteiger partial charge in [-0.15, -0.1) is 0 Å². The first-order valence-electron chi connectivity index (χ1n) is 6.63. The summed E-state index contributed by atoms with van der Waals surface area (Å²) in [6, 6.07) is 6.11. The van der Waals surface area contributed by atoms with Gasteiger partial charge in [0.05, 0.1) is 12.8 Å². The van der Waals surface area contributed by atoms with Crippen LogP contribution >= 0.6 is 11.8 Å². The van der Waals surface area contributed by atoms with E-state index in [0.717, 1.165) is 40.1 Å². The van der Waals surface area contributed by atoms with Gasteiger partial charge < -0.3 is 14.3 Å². The fourth-order valence-electron chi connectivity index (χ4n) is 2.79. The minimum atomic E-state index is 0.874. The lowest BCUT2D eigenvalue weighted by Gasteiger charge is -2.01. The first kappa shape index (κ1) is 11.9. The maximum atomic E-state index is 5.34. The van der Waals surface area contributed by atoms with E-state index in [1.165, 1.54) is 10.9 Å². The molecule has 0 amide bonds. The summed E-state index contributed by atoms with van der Waals surface area (Å²) in [6.45, 7) is 3.15. The second-order valence-corrected chi connectivity index (χ2v) is 6.05. The van der Waals surface area contributed by atoms with Crippen LogP contribution in [0.15, 0.2) is 29.6 Å². The number of nitrogens with one attached hydrogen (secondary N) is 1. The highest BCUT2D eigenvalue weighted by atomic mass is 32.2. The molecule has 0 unspecified atom stereocenters. The van der Waals surface area contributed by atoms with Crippen molar-refractivity contribution >= 4 is 22.7 Å². The maximum absolute atomic E-state index is 5.34. The average Bonchev–Trinajstić information content (AvgIpc) is 3.08. The molecule has 0 saturated heterocycles. The fourth-order valence-corrected chi connectivity index (χ4v) is 3.74.